The van der Waals surface area contributed by atoms with E-state index in [1.54, 1.807) is 12.7 Å². The number of aliphatic hydroxyl groups is 1. The Hall–Kier alpha value is -3.26. The second-order valence-electron chi connectivity index (χ2n) is 8.75. The molecule has 2 aliphatic heterocycles. The molecule has 8 nitrogen and oxygen atoms in total. The van der Waals surface area contributed by atoms with Crippen LogP contribution in [0.2, 0.25) is 0 Å². The zero-order valence-corrected chi connectivity index (χ0v) is 18.9. The van der Waals surface area contributed by atoms with Crippen LogP contribution in [0, 0.1) is 5.92 Å². The molecule has 0 amide bonds. The number of fused-ring (bicyclic) bond motifs is 1. The average molecular weight is 450 g/mol. The van der Waals surface area contributed by atoms with Crippen LogP contribution in [-0.2, 0) is 0 Å². The minimum Gasteiger partial charge on any atom is -0.486 e. The van der Waals surface area contributed by atoms with E-state index in [1.165, 1.54) is 0 Å². The summed E-state index contributed by atoms with van der Waals surface area (Å²) >= 11 is 0. The lowest BCUT2D eigenvalue weighted by molar-refractivity contribution is 0.0760. The molecule has 1 saturated heterocycles. The first-order valence-corrected chi connectivity index (χ1v) is 11.8. The van der Waals surface area contributed by atoms with E-state index in [2.05, 4.69) is 51.6 Å². The third-order valence-electron chi connectivity index (χ3n) is 6.54. The second-order valence-corrected chi connectivity index (χ2v) is 8.75. The molecular weight excluding hydrogens is 418 g/mol. The van der Waals surface area contributed by atoms with Crippen LogP contribution in [0.4, 0.5) is 11.4 Å². The summed E-state index contributed by atoms with van der Waals surface area (Å²) in [6.45, 7) is 4.96. The van der Waals surface area contributed by atoms with E-state index in [9.17, 15) is 5.11 Å². The molecule has 2 aromatic carbocycles. The highest BCUT2D eigenvalue weighted by Crippen LogP contribution is 2.36. The highest BCUT2D eigenvalue weighted by molar-refractivity contribution is 5.57. The van der Waals surface area contributed by atoms with Gasteiger partial charge in [0.25, 0.3) is 0 Å². The number of hydrogen-bond donors (Lipinski definition) is 2. The minimum absolute atomic E-state index is 0.102. The van der Waals surface area contributed by atoms with Crippen LogP contribution in [-0.4, -0.2) is 58.3 Å². The summed E-state index contributed by atoms with van der Waals surface area (Å²) in [6, 6.07) is 14.5. The maximum Gasteiger partial charge on any atom is 0.163 e. The fourth-order valence-electron chi connectivity index (χ4n) is 4.84. The van der Waals surface area contributed by atoms with E-state index in [1.807, 2.05) is 22.8 Å². The summed E-state index contributed by atoms with van der Waals surface area (Å²) in [6.07, 6.45) is 5.80. The molecule has 174 valence electrons. The van der Waals surface area contributed by atoms with Crippen LogP contribution < -0.4 is 19.7 Å². The lowest BCUT2D eigenvalue weighted by Crippen LogP contribution is -2.50. The Bertz CT molecular complexity index is 1060. The predicted octanol–water partition coefficient (Wildman–Crippen LogP) is 3.51. The molecule has 3 heterocycles. The number of hydrogen-bond acceptors (Lipinski definition) is 7. The number of nitrogens with zero attached hydrogens (tertiary/aromatic N) is 4. The number of nitrogens with one attached hydrogen (secondary N) is 1. The van der Waals surface area contributed by atoms with E-state index >= 15 is 0 Å². The molecule has 3 atom stereocenters. The van der Waals surface area contributed by atoms with Gasteiger partial charge in [-0.2, -0.15) is 0 Å². The predicted molar refractivity (Wildman–Crippen MR) is 127 cm³/mol. The summed E-state index contributed by atoms with van der Waals surface area (Å²) < 4.78 is 13.3. The van der Waals surface area contributed by atoms with E-state index in [0.717, 1.165) is 60.9 Å². The van der Waals surface area contributed by atoms with Crippen molar-refractivity contribution in [2.24, 2.45) is 5.92 Å². The van der Waals surface area contributed by atoms with Crippen molar-refractivity contribution in [3.63, 3.8) is 0 Å². The van der Waals surface area contributed by atoms with Gasteiger partial charge in [0, 0.05) is 42.5 Å². The highest BCUT2D eigenvalue weighted by Gasteiger charge is 2.34. The Kier molecular flexibility index (Phi) is 6.35. The Morgan fingerprint density at radius 3 is 2.70 bits per heavy atom. The van der Waals surface area contributed by atoms with Crippen LogP contribution in [0.3, 0.4) is 0 Å². The number of anilines is 2. The zero-order valence-electron chi connectivity index (χ0n) is 18.9. The first-order chi connectivity index (χ1) is 16.2. The number of benzene rings is 2. The summed E-state index contributed by atoms with van der Waals surface area (Å²) in [5.74, 6) is 1.71. The number of ether oxygens (including phenoxy) is 2. The summed E-state index contributed by atoms with van der Waals surface area (Å²) in [7, 11) is 0. The van der Waals surface area contributed by atoms with Gasteiger partial charge in [-0.1, -0.05) is 19.4 Å². The third kappa shape index (κ3) is 4.75. The molecule has 0 saturated carbocycles. The summed E-state index contributed by atoms with van der Waals surface area (Å²) in [5.41, 5.74) is 3.15. The minimum atomic E-state index is -0.344. The molecular formula is C25H31N5O3. The monoisotopic (exact) mass is 449 g/mol. The molecule has 5 rings (SSSR count). The molecule has 0 bridgehead atoms. The van der Waals surface area contributed by atoms with Gasteiger partial charge >= 0.3 is 0 Å². The molecule has 3 aromatic rings. The van der Waals surface area contributed by atoms with Crippen LogP contribution in [0.5, 0.6) is 11.5 Å². The number of aliphatic hydroxyl groups excluding tert-OH is 1. The molecule has 0 aliphatic carbocycles. The van der Waals surface area contributed by atoms with Crippen LogP contribution in [0.15, 0.2) is 55.1 Å². The summed E-state index contributed by atoms with van der Waals surface area (Å²) in [5, 5.41) is 22.5. The average Bonchev–Trinajstić information content (AvgIpc) is 3.39. The van der Waals surface area contributed by atoms with Crippen LogP contribution in [0.25, 0.3) is 5.69 Å². The fourth-order valence-corrected chi connectivity index (χ4v) is 4.84. The Balaban J connectivity index is 1.34. The molecule has 0 unspecified atom stereocenters. The van der Waals surface area contributed by atoms with Gasteiger partial charge in [-0.25, -0.2) is 0 Å². The van der Waals surface area contributed by atoms with E-state index in [-0.39, 0.29) is 18.1 Å². The molecule has 8 heteroatoms. The van der Waals surface area contributed by atoms with Crippen LogP contribution in [0.1, 0.15) is 26.2 Å². The van der Waals surface area contributed by atoms with Crippen molar-refractivity contribution >= 4 is 11.4 Å². The third-order valence-corrected chi connectivity index (χ3v) is 6.54. The first-order valence-electron chi connectivity index (χ1n) is 11.8. The molecule has 0 radical (unpaired) electrons. The number of rotatable bonds is 7. The maximum atomic E-state index is 11.0. The largest absolute Gasteiger partial charge is 0.486 e. The second kappa shape index (κ2) is 9.70. The molecule has 2 aliphatic rings. The Labute approximate surface area is 194 Å². The number of piperidine rings is 1. The van der Waals surface area contributed by atoms with Crippen LogP contribution >= 0.6 is 0 Å². The van der Waals surface area contributed by atoms with Gasteiger partial charge in [0.1, 0.15) is 25.9 Å². The van der Waals surface area contributed by atoms with Crippen molar-refractivity contribution in [3.8, 4) is 17.2 Å². The van der Waals surface area contributed by atoms with Gasteiger partial charge in [-0.3, -0.25) is 4.57 Å². The van der Waals surface area contributed by atoms with Gasteiger partial charge in [-0.05, 0) is 43.2 Å². The quantitative estimate of drug-likeness (QED) is 0.571. The van der Waals surface area contributed by atoms with Crippen molar-refractivity contribution in [1.82, 2.24) is 14.8 Å². The number of aromatic nitrogens is 3. The molecule has 33 heavy (non-hydrogen) atoms. The van der Waals surface area contributed by atoms with E-state index in [4.69, 9.17) is 9.47 Å². The molecule has 1 aromatic heterocycles. The highest BCUT2D eigenvalue weighted by atomic mass is 16.6. The Morgan fingerprint density at radius 2 is 1.88 bits per heavy atom. The van der Waals surface area contributed by atoms with Crippen molar-refractivity contribution in [2.45, 2.75) is 38.3 Å². The lowest BCUT2D eigenvalue weighted by Gasteiger charge is -2.42. The van der Waals surface area contributed by atoms with Gasteiger partial charge in [0.15, 0.2) is 11.5 Å². The smallest absolute Gasteiger partial charge is 0.163 e. The standard InChI is InChI=1S/C25H31N5O3/c1-2-4-22(28-18-5-3-6-19(13-18)30-16-26-27-17-30)21-15-29(10-9-23(21)31)20-7-8-24-25(14-20)33-12-11-32-24/h3,5-8,13-14,16-17,21-23,28,31H,2,4,9-12,15H2,1H3/t21-,22+,23+/m0/s1. The topological polar surface area (TPSA) is 84.7 Å². The van der Waals surface area contributed by atoms with Crippen molar-refractivity contribution < 1.29 is 14.6 Å². The van der Waals surface area contributed by atoms with E-state index < -0.39 is 0 Å². The molecule has 2 N–H and O–H groups in total. The molecule has 0 spiro atoms. The summed E-state index contributed by atoms with van der Waals surface area (Å²) in [4.78, 5) is 2.35. The first kappa shape index (κ1) is 21.6. The normalized spacial score (nSPS) is 21.0. The van der Waals surface area contributed by atoms with Crippen molar-refractivity contribution in [3.05, 3.63) is 55.1 Å². The molecule has 1 fully saturated rings. The van der Waals surface area contributed by atoms with Gasteiger partial charge in [0.05, 0.1) is 11.8 Å². The maximum absolute atomic E-state index is 11.0. The lowest BCUT2D eigenvalue weighted by atomic mass is 9.85. The Morgan fingerprint density at radius 1 is 1.06 bits per heavy atom. The van der Waals surface area contributed by atoms with Gasteiger partial charge in [-0.15, -0.1) is 10.2 Å². The van der Waals surface area contributed by atoms with Crippen molar-refractivity contribution in [1.29, 1.82) is 0 Å². The van der Waals surface area contributed by atoms with Gasteiger partial charge < -0.3 is 24.8 Å². The van der Waals surface area contributed by atoms with Gasteiger partial charge in [0.2, 0.25) is 0 Å². The fraction of sp³-hybridized carbons (Fsp3) is 0.440. The zero-order chi connectivity index (χ0) is 22.6. The van der Waals surface area contributed by atoms with E-state index in [0.29, 0.717) is 13.2 Å². The SMILES string of the molecule is CCC[C@@H](Nc1cccc(-n2cnnc2)c1)[C@@H]1CN(c2ccc3c(c2)OCCO3)CC[C@H]1O. The van der Waals surface area contributed by atoms with Crippen molar-refractivity contribution in [2.75, 3.05) is 36.5 Å².